The molecule has 1 aromatic rings. The molecule has 1 aromatic carbocycles. The minimum atomic E-state index is 0.593. The minimum absolute atomic E-state index is 0.593. The van der Waals surface area contributed by atoms with Crippen molar-refractivity contribution in [3.63, 3.8) is 0 Å². The molecule has 1 unspecified atom stereocenters. The molecule has 94 valence electrons. The van der Waals surface area contributed by atoms with Crippen LogP contribution in [0.2, 0.25) is 0 Å². The molecule has 0 saturated carbocycles. The van der Waals surface area contributed by atoms with E-state index >= 15 is 0 Å². The van der Waals surface area contributed by atoms with Gasteiger partial charge in [-0.25, -0.2) is 0 Å². The van der Waals surface area contributed by atoms with Crippen LogP contribution in [-0.4, -0.2) is 44.2 Å². The van der Waals surface area contributed by atoms with Crippen molar-refractivity contribution in [3.8, 4) is 0 Å². The van der Waals surface area contributed by atoms with E-state index in [1.54, 1.807) is 0 Å². The van der Waals surface area contributed by atoms with E-state index < -0.39 is 0 Å². The molecule has 1 fully saturated rings. The third-order valence-electron chi connectivity index (χ3n) is 3.68. The van der Waals surface area contributed by atoms with Crippen molar-refractivity contribution in [3.05, 3.63) is 29.8 Å². The first-order valence-electron chi connectivity index (χ1n) is 6.42. The summed E-state index contributed by atoms with van der Waals surface area (Å²) >= 11 is 0. The van der Waals surface area contributed by atoms with Crippen molar-refractivity contribution in [2.24, 2.45) is 5.73 Å². The van der Waals surface area contributed by atoms with Gasteiger partial charge in [-0.1, -0.05) is 17.7 Å². The molecule has 1 atom stereocenters. The molecule has 2 rings (SSSR count). The van der Waals surface area contributed by atoms with E-state index in [0.29, 0.717) is 6.04 Å². The zero-order valence-electron chi connectivity index (χ0n) is 10.9. The summed E-state index contributed by atoms with van der Waals surface area (Å²) in [6.45, 7) is 6.23. The van der Waals surface area contributed by atoms with Gasteiger partial charge in [0.1, 0.15) is 0 Å². The monoisotopic (exact) mass is 233 g/mol. The zero-order valence-corrected chi connectivity index (χ0v) is 10.9. The summed E-state index contributed by atoms with van der Waals surface area (Å²) in [6, 6.07) is 9.41. The number of likely N-dealkylation sites (N-methyl/N-ethyl adjacent to an activating group) is 1. The minimum Gasteiger partial charge on any atom is -0.369 e. The highest BCUT2D eigenvalue weighted by molar-refractivity contribution is 5.48. The summed E-state index contributed by atoms with van der Waals surface area (Å²) in [4.78, 5) is 4.90. The predicted molar refractivity (Wildman–Crippen MR) is 73.5 cm³/mol. The van der Waals surface area contributed by atoms with Crippen LogP contribution in [-0.2, 0) is 0 Å². The smallest absolute Gasteiger partial charge is 0.0367 e. The maximum atomic E-state index is 5.68. The Morgan fingerprint density at radius 3 is 2.59 bits per heavy atom. The van der Waals surface area contributed by atoms with E-state index in [-0.39, 0.29) is 0 Å². The van der Waals surface area contributed by atoms with E-state index in [1.807, 2.05) is 0 Å². The van der Waals surface area contributed by atoms with Crippen LogP contribution in [0.15, 0.2) is 24.3 Å². The number of benzene rings is 1. The van der Waals surface area contributed by atoms with Crippen LogP contribution in [0.25, 0.3) is 0 Å². The van der Waals surface area contributed by atoms with Crippen LogP contribution in [0, 0.1) is 6.92 Å². The number of nitrogens with zero attached hydrogens (tertiary/aromatic N) is 2. The number of hydrogen-bond donors (Lipinski definition) is 1. The topological polar surface area (TPSA) is 32.5 Å². The summed E-state index contributed by atoms with van der Waals surface area (Å²) < 4.78 is 0. The zero-order chi connectivity index (χ0) is 12.3. The molecule has 3 heteroatoms. The van der Waals surface area contributed by atoms with Gasteiger partial charge >= 0.3 is 0 Å². The lowest BCUT2D eigenvalue weighted by molar-refractivity contribution is 0.210. The first-order chi connectivity index (χ1) is 8.20. The molecule has 1 aliphatic rings. The van der Waals surface area contributed by atoms with Gasteiger partial charge in [-0.2, -0.15) is 0 Å². The number of aryl methyl sites for hydroxylation is 1. The molecular formula is C14H23N3. The molecule has 0 radical (unpaired) electrons. The van der Waals surface area contributed by atoms with Crippen molar-refractivity contribution in [2.75, 3.05) is 38.1 Å². The second-order valence-electron chi connectivity index (χ2n) is 4.99. The van der Waals surface area contributed by atoms with Gasteiger partial charge in [-0.15, -0.1) is 0 Å². The largest absolute Gasteiger partial charge is 0.369 e. The van der Waals surface area contributed by atoms with E-state index in [0.717, 1.165) is 32.6 Å². The Morgan fingerprint density at radius 1 is 1.24 bits per heavy atom. The lowest BCUT2D eigenvalue weighted by Crippen LogP contribution is -2.52. The highest BCUT2D eigenvalue weighted by Crippen LogP contribution is 2.20. The van der Waals surface area contributed by atoms with E-state index in [4.69, 9.17) is 5.73 Å². The number of piperazine rings is 1. The van der Waals surface area contributed by atoms with Crippen LogP contribution in [0.3, 0.4) is 0 Å². The molecular weight excluding hydrogens is 210 g/mol. The van der Waals surface area contributed by atoms with Crippen molar-refractivity contribution < 1.29 is 0 Å². The summed E-state index contributed by atoms with van der Waals surface area (Å²) in [7, 11) is 2.20. The predicted octanol–water partition coefficient (Wildman–Crippen LogP) is 1.46. The third kappa shape index (κ3) is 2.99. The van der Waals surface area contributed by atoms with Crippen molar-refractivity contribution >= 4 is 5.69 Å². The highest BCUT2D eigenvalue weighted by Gasteiger charge is 2.23. The van der Waals surface area contributed by atoms with Gasteiger partial charge in [0.05, 0.1) is 0 Å². The van der Waals surface area contributed by atoms with E-state index in [2.05, 4.69) is 48.0 Å². The number of anilines is 1. The van der Waals surface area contributed by atoms with Gasteiger partial charge < -0.3 is 10.6 Å². The molecule has 1 heterocycles. The fourth-order valence-electron chi connectivity index (χ4n) is 2.44. The first kappa shape index (κ1) is 12.4. The summed E-state index contributed by atoms with van der Waals surface area (Å²) in [5.74, 6) is 0. The maximum Gasteiger partial charge on any atom is 0.0367 e. The Balaban J connectivity index is 2.04. The lowest BCUT2D eigenvalue weighted by atomic mass is 10.1. The van der Waals surface area contributed by atoms with Crippen molar-refractivity contribution in [2.45, 2.75) is 19.4 Å². The van der Waals surface area contributed by atoms with Gasteiger partial charge in [0, 0.05) is 31.4 Å². The Labute approximate surface area is 104 Å². The van der Waals surface area contributed by atoms with Crippen LogP contribution >= 0.6 is 0 Å². The Morgan fingerprint density at radius 2 is 1.94 bits per heavy atom. The first-order valence-corrected chi connectivity index (χ1v) is 6.42. The standard InChI is InChI=1S/C14H23N3/c1-12-3-5-13(6-4-12)17-10-9-16(2)14(11-17)7-8-15/h3-6,14H,7-11,15H2,1-2H3. The van der Waals surface area contributed by atoms with Crippen molar-refractivity contribution in [1.82, 2.24) is 4.90 Å². The maximum absolute atomic E-state index is 5.68. The molecule has 0 spiro atoms. The molecule has 1 aliphatic heterocycles. The molecule has 0 aliphatic carbocycles. The molecule has 1 saturated heterocycles. The number of nitrogens with two attached hydrogens (primary N) is 1. The average molecular weight is 233 g/mol. The molecule has 3 nitrogen and oxygen atoms in total. The SMILES string of the molecule is Cc1ccc(N2CCN(C)C(CCN)C2)cc1. The van der Waals surface area contributed by atoms with Gasteiger partial charge in [0.2, 0.25) is 0 Å². The van der Waals surface area contributed by atoms with E-state index in [1.165, 1.54) is 11.3 Å². The molecule has 0 aromatic heterocycles. The summed E-state index contributed by atoms with van der Waals surface area (Å²) in [5, 5.41) is 0. The quantitative estimate of drug-likeness (QED) is 0.858. The van der Waals surface area contributed by atoms with Crippen LogP contribution in [0.4, 0.5) is 5.69 Å². The molecule has 0 amide bonds. The molecule has 2 N–H and O–H groups in total. The third-order valence-corrected chi connectivity index (χ3v) is 3.68. The fourth-order valence-corrected chi connectivity index (χ4v) is 2.44. The van der Waals surface area contributed by atoms with Crippen LogP contribution < -0.4 is 10.6 Å². The Bertz CT molecular complexity index is 347. The number of hydrogen-bond acceptors (Lipinski definition) is 3. The van der Waals surface area contributed by atoms with Gasteiger partial charge in [0.15, 0.2) is 0 Å². The lowest BCUT2D eigenvalue weighted by Gasteiger charge is -2.40. The Kier molecular flexibility index (Phi) is 4.02. The van der Waals surface area contributed by atoms with Crippen LogP contribution in [0.5, 0.6) is 0 Å². The summed E-state index contributed by atoms with van der Waals surface area (Å²) in [6.07, 6.45) is 1.08. The molecule has 0 bridgehead atoms. The highest BCUT2D eigenvalue weighted by atomic mass is 15.3. The normalized spacial score (nSPS) is 21.8. The van der Waals surface area contributed by atoms with Gasteiger partial charge in [0.25, 0.3) is 0 Å². The average Bonchev–Trinajstić information content (AvgIpc) is 2.33. The fraction of sp³-hybridized carbons (Fsp3) is 0.571. The van der Waals surface area contributed by atoms with Gasteiger partial charge in [-0.05, 0) is 39.1 Å². The van der Waals surface area contributed by atoms with Crippen molar-refractivity contribution in [1.29, 1.82) is 0 Å². The number of rotatable bonds is 3. The van der Waals surface area contributed by atoms with E-state index in [9.17, 15) is 0 Å². The Hall–Kier alpha value is -1.06. The van der Waals surface area contributed by atoms with Crippen LogP contribution in [0.1, 0.15) is 12.0 Å². The second-order valence-corrected chi connectivity index (χ2v) is 4.99. The summed E-state index contributed by atoms with van der Waals surface area (Å²) in [5.41, 5.74) is 8.34. The van der Waals surface area contributed by atoms with Gasteiger partial charge in [-0.3, -0.25) is 4.90 Å². The second kappa shape index (κ2) is 5.52. The molecule has 17 heavy (non-hydrogen) atoms.